The molecule has 0 amide bonds. The van der Waals surface area contributed by atoms with E-state index in [1.807, 2.05) is 43.3 Å². The Morgan fingerprint density at radius 3 is 3.00 bits per heavy atom. The molecular weight excluding hydrogens is 338 g/mol. The monoisotopic (exact) mass is 365 g/mol. The average Bonchev–Trinajstić information content (AvgIpc) is 2.65. The topological polar surface area (TPSA) is 69.1 Å². The van der Waals surface area contributed by atoms with Crippen molar-refractivity contribution in [3.8, 4) is 22.9 Å². The molecule has 1 unspecified atom stereocenters. The van der Waals surface area contributed by atoms with Crippen LogP contribution in [0.1, 0.15) is 37.4 Å². The average molecular weight is 365 g/mol. The highest BCUT2D eigenvalue weighted by Crippen LogP contribution is 2.26. The van der Waals surface area contributed by atoms with E-state index in [0.29, 0.717) is 12.2 Å². The molecule has 0 saturated carbocycles. The Morgan fingerprint density at radius 2 is 2.22 bits per heavy atom. The number of pyridine rings is 1. The Hall–Kier alpha value is -2.58. The molecule has 0 aliphatic carbocycles. The number of nitrogens with one attached hydrogen (secondary N) is 1. The van der Waals surface area contributed by atoms with Gasteiger partial charge in [-0.3, -0.25) is 4.79 Å². The number of aromatic nitrogens is 1. The van der Waals surface area contributed by atoms with Gasteiger partial charge in [-0.1, -0.05) is 19.1 Å². The van der Waals surface area contributed by atoms with Crippen LogP contribution < -0.4 is 10.3 Å². The van der Waals surface area contributed by atoms with Crippen molar-refractivity contribution in [2.24, 2.45) is 5.92 Å². The van der Waals surface area contributed by atoms with Crippen LogP contribution in [0.25, 0.3) is 11.1 Å². The molecule has 0 radical (unpaired) electrons. The first-order valence-corrected chi connectivity index (χ1v) is 9.66. The van der Waals surface area contributed by atoms with Crippen LogP contribution in [-0.2, 0) is 0 Å². The van der Waals surface area contributed by atoms with Crippen molar-refractivity contribution >= 4 is 0 Å². The number of hydrogen-bond acceptors (Lipinski definition) is 4. The standard InChI is InChI=1S/C22H27N3O2/c1-16-6-4-9-25(15-16)10-5-11-27-19-8-3-7-18(13-19)20-12-17(2)24-22(26)21(20)14-23/h3,7-8,12-13,16H,4-6,9-11,15H2,1-2H3,(H,24,26). The second-order valence-electron chi connectivity index (χ2n) is 7.46. The van der Waals surface area contributed by atoms with Crippen LogP contribution in [0.5, 0.6) is 5.75 Å². The number of piperidine rings is 1. The zero-order chi connectivity index (χ0) is 19.2. The summed E-state index contributed by atoms with van der Waals surface area (Å²) in [6, 6.07) is 11.5. The summed E-state index contributed by atoms with van der Waals surface area (Å²) < 4.78 is 5.92. The van der Waals surface area contributed by atoms with Crippen LogP contribution in [0.15, 0.2) is 35.1 Å². The molecule has 142 valence electrons. The number of rotatable bonds is 6. The molecule has 0 spiro atoms. The van der Waals surface area contributed by atoms with Crippen molar-refractivity contribution in [1.29, 1.82) is 5.26 Å². The first kappa shape index (κ1) is 19.2. The van der Waals surface area contributed by atoms with E-state index in [1.54, 1.807) is 0 Å². The van der Waals surface area contributed by atoms with E-state index >= 15 is 0 Å². The van der Waals surface area contributed by atoms with E-state index in [9.17, 15) is 10.1 Å². The van der Waals surface area contributed by atoms with E-state index in [-0.39, 0.29) is 11.1 Å². The Labute approximate surface area is 160 Å². The fraction of sp³-hybridized carbons (Fsp3) is 0.455. The maximum Gasteiger partial charge on any atom is 0.266 e. The number of benzene rings is 1. The highest BCUT2D eigenvalue weighted by molar-refractivity contribution is 5.71. The summed E-state index contributed by atoms with van der Waals surface area (Å²) in [5.41, 5.74) is 1.98. The first-order chi connectivity index (χ1) is 13.1. The highest BCUT2D eigenvalue weighted by atomic mass is 16.5. The van der Waals surface area contributed by atoms with E-state index in [4.69, 9.17) is 4.74 Å². The molecule has 5 heteroatoms. The second-order valence-corrected chi connectivity index (χ2v) is 7.46. The molecule has 2 heterocycles. The summed E-state index contributed by atoms with van der Waals surface area (Å²) >= 11 is 0. The molecule has 1 fully saturated rings. The summed E-state index contributed by atoms with van der Waals surface area (Å²) in [6.07, 6.45) is 3.62. The molecule has 1 N–H and O–H groups in total. The van der Waals surface area contributed by atoms with Gasteiger partial charge in [-0.2, -0.15) is 5.26 Å². The number of likely N-dealkylation sites (tertiary alicyclic amines) is 1. The summed E-state index contributed by atoms with van der Waals surface area (Å²) in [5.74, 6) is 1.56. The third-order valence-corrected chi connectivity index (χ3v) is 5.05. The van der Waals surface area contributed by atoms with Crippen LogP contribution in [0.4, 0.5) is 0 Å². The van der Waals surface area contributed by atoms with Gasteiger partial charge in [0.05, 0.1) is 6.61 Å². The largest absolute Gasteiger partial charge is 0.494 e. The molecule has 1 atom stereocenters. The van der Waals surface area contributed by atoms with Gasteiger partial charge < -0.3 is 14.6 Å². The Morgan fingerprint density at radius 1 is 1.37 bits per heavy atom. The SMILES string of the molecule is Cc1cc(-c2cccc(OCCCN3CCCC(C)C3)c2)c(C#N)c(=O)[nH]1. The minimum Gasteiger partial charge on any atom is -0.494 e. The zero-order valence-electron chi connectivity index (χ0n) is 16.1. The fourth-order valence-corrected chi connectivity index (χ4v) is 3.75. The first-order valence-electron chi connectivity index (χ1n) is 9.66. The Balaban J connectivity index is 1.63. The summed E-state index contributed by atoms with van der Waals surface area (Å²) in [6.45, 7) is 8.24. The van der Waals surface area contributed by atoms with Gasteiger partial charge in [-0.25, -0.2) is 0 Å². The van der Waals surface area contributed by atoms with Crippen LogP contribution in [0.2, 0.25) is 0 Å². The van der Waals surface area contributed by atoms with E-state index in [1.165, 1.54) is 25.9 Å². The molecule has 0 bridgehead atoms. The maximum atomic E-state index is 12.0. The normalized spacial score (nSPS) is 17.4. The van der Waals surface area contributed by atoms with Crippen molar-refractivity contribution in [2.75, 3.05) is 26.2 Å². The summed E-state index contributed by atoms with van der Waals surface area (Å²) in [7, 11) is 0. The predicted octanol–water partition coefficient (Wildman–Crippen LogP) is 3.72. The van der Waals surface area contributed by atoms with Crippen LogP contribution >= 0.6 is 0 Å². The predicted molar refractivity (Wildman–Crippen MR) is 107 cm³/mol. The van der Waals surface area contributed by atoms with Gasteiger partial charge in [0.15, 0.2) is 0 Å². The van der Waals surface area contributed by atoms with Crippen molar-refractivity contribution < 1.29 is 4.74 Å². The lowest BCUT2D eigenvalue weighted by Crippen LogP contribution is -2.35. The molecule has 2 aromatic rings. The summed E-state index contributed by atoms with van der Waals surface area (Å²) in [4.78, 5) is 17.2. The molecule has 1 aliphatic rings. The number of hydrogen-bond donors (Lipinski definition) is 1. The van der Waals surface area contributed by atoms with Crippen molar-refractivity contribution in [2.45, 2.75) is 33.1 Å². The van der Waals surface area contributed by atoms with E-state index < -0.39 is 0 Å². The van der Waals surface area contributed by atoms with Gasteiger partial charge in [0, 0.05) is 24.3 Å². The zero-order valence-corrected chi connectivity index (χ0v) is 16.1. The Kier molecular flexibility index (Phi) is 6.31. The fourth-order valence-electron chi connectivity index (χ4n) is 3.75. The highest BCUT2D eigenvalue weighted by Gasteiger charge is 2.15. The second kappa shape index (κ2) is 8.88. The number of ether oxygens (including phenoxy) is 1. The van der Waals surface area contributed by atoms with Crippen molar-refractivity contribution in [3.63, 3.8) is 0 Å². The number of H-pyrrole nitrogens is 1. The molecule has 1 aromatic heterocycles. The lowest BCUT2D eigenvalue weighted by Gasteiger charge is -2.30. The van der Waals surface area contributed by atoms with Crippen molar-refractivity contribution in [3.05, 3.63) is 51.9 Å². The number of nitriles is 1. The third kappa shape index (κ3) is 4.99. The third-order valence-electron chi connectivity index (χ3n) is 5.05. The molecule has 1 aromatic carbocycles. The van der Waals surface area contributed by atoms with Crippen LogP contribution in [-0.4, -0.2) is 36.1 Å². The smallest absolute Gasteiger partial charge is 0.266 e. The van der Waals surface area contributed by atoms with Gasteiger partial charge in [-0.05, 0) is 62.4 Å². The lowest BCUT2D eigenvalue weighted by atomic mass is 10.0. The van der Waals surface area contributed by atoms with Gasteiger partial charge >= 0.3 is 0 Å². The molecule has 3 rings (SSSR count). The molecule has 1 aliphatic heterocycles. The van der Waals surface area contributed by atoms with E-state index in [2.05, 4.69) is 16.8 Å². The van der Waals surface area contributed by atoms with Crippen LogP contribution in [0.3, 0.4) is 0 Å². The molecular formula is C22H27N3O2. The van der Waals surface area contributed by atoms with E-state index in [0.717, 1.165) is 35.9 Å². The quantitative estimate of drug-likeness (QED) is 0.792. The van der Waals surface area contributed by atoms with Gasteiger partial charge in [-0.15, -0.1) is 0 Å². The van der Waals surface area contributed by atoms with Crippen molar-refractivity contribution in [1.82, 2.24) is 9.88 Å². The number of nitrogens with zero attached hydrogens (tertiary/aromatic N) is 2. The van der Waals surface area contributed by atoms with Crippen LogP contribution in [0, 0.1) is 24.2 Å². The van der Waals surface area contributed by atoms with Gasteiger partial charge in [0.2, 0.25) is 0 Å². The van der Waals surface area contributed by atoms with Gasteiger partial charge in [0.25, 0.3) is 5.56 Å². The Bertz CT molecular complexity index is 882. The molecule has 27 heavy (non-hydrogen) atoms. The minimum absolute atomic E-state index is 0.136. The summed E-state index contributed by atoms with van der Waals surface area (Å²) in [5, 5.41) is 9.33. The lowest BCUT2D eigenvalue weighted by molar-refractivity contribution is 0.170. The molecule has 1 saturated heterocycles. The minimum atomic E-state index is -0.352. The maximum absolute atomic E-state index is 12.0. The number of aromatic amines is 1. The number of aryl methyl sites for hydroxylation is 1. The molecule has 5 nitrogen and oxygen atoms in total. The van der Waals surface area contributed by atoms with Gasteiger partial charge in [0.1, 0.15) is 17.4 Å².